The van der Waals surface area contributed by atoms with E-state index in [9.17, 15) is 4.79 Å². The van der Waals surface area contributed by atoms with Gasteiger partial charge in [-0.15, -0.1) is 0 Å². The normalized spacial score (nSPS) is 15.0. The summed E-state index contributed by atoms with van der Waals surface area (Å²) in [5.41, 5.74) is 2.98. The number of hydrogen-bond acceptors (Lipinski definition) is 4. The Bertz CT molecular complexity index is 1220. The number of thioether (sulfide) groups is 1. The number of aryl methyl sites for hydroxylation is 1. The number of hydrogen-bond donors (Lipinski definition) is 0. The summed E-state index contributed by atoms with van der Waals surface area (Å²) in [6, 6.07) is 16.1. The monoisotopic (exact) mass is 390 g/mol. The number of fused-ring (bicyclic) bond motifs is 2. The van der Waals surface area contributed by atoms with Crippen molar-refractivity contribution in [1.82, 2.24) is 19.1 Å². The molecule has 0 radical (unpaired) electrons. The van der Waals surface area contributed by atoms with E-state index in [0.29, 0.717) is 11.1 Å². The molecule has 0 bridgehead atoms. The van der Waals surface area contributed by atoms with Crippen LogP contribution in [0.2, 0.25) is 0 Å². The molecule has 142 valence electrons. The first kappa shape index (κ1) is 17.5. The summed E-state index contributed by atoms with van der Waals surface area (Å²) < 4.78 is 4.07. The van der Waals surface area contributed by atoms with Crippen molar-refractivity contribution >= 4 is 33.7 Å². The molecular weight excluding hydrogens is 368 g/mol. The summed E-state index contributed by atoms with van der Waals surface area (Å²) in [5.74, 6) is 1.68. The first-order valence-corrected chi connectivity index (χ1v) is 10.8. The van der Waals surface area contributed by atoms with E-state index in [2.05, 4.69) is 10.6 Å². The van der Waals surface area contributed by atoms with Gasteiger partial charge in [0.2, 0.25) is 0 Å². The lowest BCUT2D eigenvalue weighted by Crippen LogP contribution is -2.26. The van der Waals surface area contributed by atoms with E-state index in [1.807, 2.05) is 54.1 Å². The molecule has 1 aliphatic carbocycles. The molecule has 2 aromatic heterocycles. The maximum absolute atomic E-state index is 13.2. The van der Waals surface area contributed by atoms with Crippen LogP contribution < -0.4 is 5.56 Å². The van der Waals surface area contributed by atoms with Crippen molar-refractivity contribution in [3.05, 3.63) is 64.7 Å². The first-order chi connectivity index (χ1) is 13.7. The minimum absolute atomic E-state index is 0.0880. The summed E-state index contributed by atoms with van der Waals surface area (Å²) >= 11 is 1.61. The lowest BCUT2D eigenvalue weighted by atomic mass is 10.2. The van der Waals surface area contributed by atoms with Crippen LogP contribution in [0.5, 0.6) is 0 Å². The third-order valence-corrected chi connectivity index (χ3v) is 6.62. The van der Waals surface area contributed by atoms with Gasteiger partial charge in [0.15, 0.2) is 5.16 Å². The second-order valence-electron chi connectivity index (χ2n) is 7.39. The van der Waals surface area contributed by atoms with E-state index < -0.39 is 0 Å². The van der Waals surface area contributed by atoms with Crippen molar-refractivity contribution in [3.63, 3.8) is 0 Å². The quantitative estimate of drug-likeness (QED) is 0.375. The Morgan fingerprint density at radius 1 is 1.00 bits per heavy atom. The fourth-order valence-corrected chi connectivity index (χ4v) is 5.22. The summed E-state index contributed by atoms with van der Waals surface area (Å²) in [6.07, 6.45) is 4.47. The van der Waals surface area contributed by atoms with E-state index in [-0.39, 0.29) is 11.6 Å². The number of aromatic nitrogens is 4. The Morgan fingerprint density at radius 2 is 1.71 bits per heavy atom. The maximum atomic E-state index is 13.2. The van der Waals surface area contributed by atoms with Crippen LogP contribution in [0.4, 0.5) is 0 Å². The van der Waals surface area contributed by atoms with Crippen molar-refractivity contribution in [2.75, 3.05) is 0 Å². The van der Waals surface area contributed by atoms with E-state index >= 15 is 0 Å². The molecule has 1 aliphatic rings. The highest BCUT2D eigenvalue weighted by molar-refractivity contribution is 7.98. The zero-order valence-corrected chi connectivity index (χ0v) is 16.7. The average Bonchev–Trinajstić information content (AvgIpc) is 3.35. The smallest absolute Gasteiger partial charge is 0.262 e. The Morgan fingerprint density at radius 3 is 2.50 bits per heavy atom. The first-order valence-electron chi connectivity index (χ1n) is 9.77. The Labute approximate surface area is 167 Å². The number of nitrogens with zero attached hydrogens (tertiary/aromatic N) is 4. The summed E-state index contributed by atoms with van der Waals surface area (Å²) in [6.45, 7) is 0. The van der Waals surface area contributed by atoms with Crippen LogP contribution in [-0.4, -0.2) is 19.1 Å². The van der Waals surface area contributed by atoms with Gasteiger partial charge in [0.1, 0.15) is 5.82 Å². The van der Waals surface area contributed by atoms with E-state index in [0.717, 1.165) is 40.4 Å². The van der Waals surface area contributed by atoms with Gasteiger partial charge in [0, 0.05) is 13.1 Å². The predicted octanol–water partition coefficient (Wildman–Crippen LogP) is 4.69. The zero-order valence-electron chi connectivity index (χ0n) is 15.8. The summed E-state index contributed by atoms with van der Waals surface area (Å²) in [4.78, 5) is 22.9. The average molecular weight is 391 g/mol. The van der Waals surface area contributed by atoms with Crippen LogP contribution in [0.25, 0.3) is 21.9 Å². The third-order valence-electron chi connectivity index (χ3n) is 5.68. The fraction of sp³-hybridized carbons (Fsp3) is 0.318. The molecule has 0 amide bonds. The van der Waals surface area contributed by atoms with Gasteiger partial charge in [-0.05, 0) is 37.1 Å². The van der Waals surface area contributed by atoms with Gasteiger partial charge in [-0.3, -0.25) is 9.36 Å². The van der Waals surface area contributed by atoms with Gasteiger partial charge in [-0.2, -0.15) is 0 Å². The minimum Gasteiger partial charge on any atom is -0.330 e. The van der Waals surface area contributed by atoms with Gasteiger partial charge in [0.25, 0.3) is 5.56 Å². The Balaban J connectivity index is 1.56. The topological polar surface area (TPSA) is 52.7 Å². The second kappa shape index (κ2) is 7.09. The molecule has 6 heteroatoms. The molecular formula is C22H22N4OS. The van der Waals surface area contributed by atoms with Crippen LogP contribution in [0.3, 0.4) is 0 Å². The molecule has 0 aliphatic heterocycles. The van der Waals surface area contributed by atoms with Gasteiger partial charge in [0.05, 0.1) is 27.7 Å². The summed E-state index contributed by atoms with van der Waals surface area (Å²) in [5, 5.41) is 1.52. The standard InChI is InChI=1S/C22H22N4OS/c1-25-19-13-7-6-12-18(19)23-20(25)14-28-22-24-17-11-5-4-10-16(17)21(27)26(22)15-8-2-3-9-15/h4-7,10-13,15H,2-3,8-9,14H2,1H3. The molecule has 5 nitrogen and oxygen atoms in total. The van der Waals surface area contributed by atoms with Crippen LogP contribution in [-0.2, 0) is 12.8 Å². The molecule has 2 aromatic carbocycles. The van der Waals surface area contributed by atoms with Gasteiger partial charge < -0.3 is 4.57 Å². The van der Waals surface area contributed by atoms with E-state index in [1.54, 1.807) is 11.8 Å². The van der Waals surface area contributed by atoms with Crippen molar-refractivity contribution in [3.8, 4) is 0 Å². The number of para-hydroxylation sites is 3. The van der Waals surface area contributed by atoms with Crippen molar-refractivity contribution in [2.45, 2.75) is 42.6 Å². The molecule has 4 aromatic rings. The van der Waals surface area contributed by atoms with E-state index in [1.165, 1.54) is 12.8 Å². The molecule has 1 fully saturated rings. The van der Waals surface area contributed by atoms with Crippen molar-refractivity contribution < 1.29 is 0 Å². The van der Waals surface area contributed by atoms with Gasteiger partial charge in [-0.25, -0.2) is 9.97 Å². The highest BCUT2D eigenvalue weighted by Gasteiger charge is 2.23. The minimum atomic E-state index is 0.0880. The maximum Gasteiger partial charge on any atom is 0.262 e. The number of rotatable bonds is 4. The predicted molar refractivity (Wildman–Crippen MR) is 114 cm³/mol. The number of benzene rings is 2. The highest BCUT2D eigenvalue weighted by Crippen LogP contribution is 2.33. The largest absolute Gasteiger partial charge is 0.330 e. The molecule has 0 atom stereocenters. The van der Waals surface area contributed by atoms with Crippen LogP contribution in [0.15, 0.2) is 58.5 Å². The SMILES string of the molecule is Cn1c(CSc2nc3ccccc3c(=O)n2C2CCCC2)nc2ccccc21. The lowest BCUT2D eigenvalue weighted by Gasteiger charge is -2.18. The van der Waals surface area contributed by atoms with Crippen LogP contribution in [0, 0.1) is 0 Å². The number of imidazole rings is 1. The molecule has 0 N–H and O–H groups in total. The van der Waals surface area contributed by atoms with Crippen LogP contribution in [0.1, 0.15) is 37.5 Å². The Hall–Kier alpha value is -2.60. The Kier molecular flexibility index (Phi) is 4.43. The highest BCUT2D eigenvalue weighted by atomic mass is 32.2. The van der Waals surface area contributed by atoms with Crippen molar-refractivity contribution in [1.29, 1.82) is 0 Å². The van der Waals surface area contributed by atoms with Gasteiger partial charge in [-0.1, -0.05) is 48.9 Å². The lowest BCUT2D eigenvalue weighted by molar-refractivity contribution is 0.457. The molecule has 0 saturated heterocycles. The fourth-order valence-electron chi connectivity index (χ4n) is 4.17. The molecule has 0 unspecified atom stereocenters. The van der Waals surface area contributed by atoms with Crippen LogP contribution >= 0.6 is 11.8 Å². The summed E-state index contributed by atoms with van der Waals surface area (Å²) in [7, 11) is 2.04. The molecule has 2 heterocycles. The van der Waals surface area contributed by atoms with E-state index in [4.69, 9.17) is 9.97 Å². The second-order valence-corrected chi connectivity index (χ2v) is 8.33. The third kappa shape index (κ3) is 2.92. The molecule has 28 heavy (non-hydrogen) atoms. The van der Waals surface area contributed by atoms with Crippen molar-refractivity contribution in [2.24, 2.45) is 7.05 Å². The molecule has 0 spiro atoms. The zero-order chi connectivity index (χ0) is 19.1. The molecule has 5 rings (SSSR count). The van der Waals surface area contributed by atoms with Gasteiger partial charge >= 0.3 is 0 Å². The molecule has 1 saturated carbocycles.